The largest absolute Gasteiger partial charge is 0.289 e. The normalized spacial score (nSPS) is 9.95. The smallest absolute Gasteiger partial charge is 0.187 e. The summed E-state index contributed by atoms with van der Waals surface area (Å²) in [7, 11) is 0. The summed E-state index contributed by atoms with van der Waals surface area (Å²) in [5.74, 6) is 5.76. The van der Waals surface area contributed by atoms with Gasteiger partial charge in [-0.1, -0.05) is 58.1 Å². The molecule has 0 aliphatic heterocycles. The molecule has 2 rings (SSSR count). The van der Waals surface area contributed by atoms with Crippen molar-refractivity contribution in [1.29, 1.82) is 0 Å². The molecule has 0 atom stereocenters. The number of halogens is 1. The molecule has 1 nitrogen and oxygen atoms in total. The number of carbonyl (C=O) groups is 1. The first kappa shape index (κ1) is 13.3. The van der Waals surface area contributed by atoms with Crippen molar-refractivity contribution in [2.45, 2.75) is 0 Å². The van der Waals surface area contributed by atoms with Crippen molar-refractivity contribution in [3.63, 3.8) is 0 Å². The standard InChI is InChI=1S/C17H11BrO/c18-16-12-6-5-11-15(16)17(19)13-7-4-10-14-8-2-1-3-9-14/h1-3,5-9,11-13H/b13-7+. The molecule has 19 heavy (non-hydrogen) atoms. The molecule has 0 N–H and O–H groups in total. The number of hydrogen-bond acceptors (Lipinski definition) is 1. The third-order valence-corrected chi connectivity index (χ3v) is 3.14. The molecule has 0 bridgehead atoms. The highest BCUT2D eigenvalue weighted by Crippen LogP contribution is 2.16. The van der Waals surface area contributed by atoms with Crippen LogP contribution in [-0.4, -0.2) is 5.78 Å². The van der Waals surface area contributed by atoms with Gasteiger partial charge in [0.25, 0.3) is 0 Å². The van der Waals surface area contributed by atoms with Gasteiger partial charge in [-0.2, -0.15) is 0 Å². The van der Waals surface area contributed by atoms with Crippen LogP contribution in [0.5, 0.6) is 0 Å². The second-order valence-electron chi connectivity index (χ2n) is 3.81. The molecule has 92 valence electrons. The van der Waals surface area contributed by atoms with Crippen LogP contribution in [0, 0.1) is 11.8 Å². The molecule has 2 aromatic rings. The van der Waals surface area contributed by atoms with E-state index in [9.17, 15) is 4.79 Å². The van der Waals surface area contributed by atoms with E-state index in [1.165, 1.54) is 6.08 Å². The van der Waals surface area contributed by atoms with Crippen molar-refractivity contribution in [2.24, 2.45) is 0 Å². The van der Waals surface area contributed by atoms with Gasteiger partial charge in [0.05, 0.1) is 0 Å². The lowest BCUT2D eigenvalue weighted by Crippen LogP contribution is -1.94. The van der Waals surface area contributed by atoms with Crippen molar-refractivity contribution in [1.82, 2.24) is 0 Å². The highest BCUT2D eigenvalue weighted by Gasteiger charge is 2.04. The first-order valence-corrected chi connectivity index (χ1v) is 6.58. The number of carbonyl (C=O) groups excluding carboxylic acids is 1. The molecule has 0 unspecified atom stereocenters. The monoisotopic (exact) mass is 310 g/mol. The lowest BCUT2D eigenvalue weighted by Gasteiger charge is -1.97. The van der Waals surface area contributed by atoms with Crippen LogP contribution in [0.1, 0.15) is 15.9 Å². The summed E-state index contributed by atoms with van der Waals surface area (Å²) in [5, 5.41) is 0. The van der Waals surface area contributed by atoms with Gasteiger partial charge in [-0.3, -0.25) is 4.79 Å². The van der Waals surface area contributed by atoms with Crippen molar-refractivity contribution in [3.8, 4) is 11.8 Å². The molecule has 0 aliphatic rings. The number of ketones is 1. The van der Waals surface area contributed by atoms with E-state index < -0.39 is 0 Å². The van der Waals surface area contributed by atoms with Crippen LogP contribution in [-0.2, 0) is 0 Å². The van der Waals surface area contributed by atoms with Crippen LogP contribution >= 0.6 is 15.9 Å². The molecule has 0 aromatic heterocycles. The Kier molecular flexibility index (Phi) is 4.72. The van der Waals surface area contributed by atoms with Gasteiger partial charge in [-0.25, -0.2) is 0 Å². The highest BCUT2D eigenvalue weighted by molar-refractivity contribution is 9.10. The van der Waals surface area contributed by atoms with Crippen LogP contribution in [0.3, 0.4) is 0 Å². The maximum atomic E-state index is 11.9. The van der Waals surface area contributed by atoms with Gasteiger partial charge in [0, 0.05) is 15.6 Å². The Morgan fingerprint density at radius 2 is 1.68 bits per heavy atom. The number of rotatable bonds is 2. The topological polar surface area (TPSA) is 17.1 Å². The Bertz CT molecular complexity index is 660. The molecule has 2 heteroatoms. The summed E-state index contributed by atoms with van der Waals surface area (Å²) in [5.41, 5.74) is 1.57. The van der Waals surface area contributed by atoms with Crippen LogP contribution in [0.25, 0.3) is 0 Å². The van der Waals surface area contributed by atoms with E-state index in [1.807, 2.05) is 48.5 Å². The maximum absolute atomic E-state index is 11.9. The Balaban J connectivity index is 2.07. The van der Waals surface area contributed by atoms with Crippen molar-refractivity contribution in [3.05, 3.63) is 82.3 Å². The van der Waals surface area contributed by atoms with Gasteiger partial charge >= 0.3 is 0 Å². The molecule has 0 aliphatic carbocycles. The Morgan fingerprint density at radius 3 is 2.42 bits per heavy atom. The number of benzene rings is 2. The van der Waals surface area contributed by atoms with E-state index in [-0.39, 0.29) is 5.78 Å². The molecule has 2 aromatic carbocycles. The van der Waals surface area contributed by atoms with Gasteiger partial charge in [0.2, 0.25) is 0 Å². The van der Waals surface area contributed by atoms with Gasteiger partial charge in [0.1, 0.15) is 0 Å². The van der Waals surface area contributed by atoms with E-state index in [0.717, 1.165) is 10.0 Å². The Hall–Kier alpha value is -2.11. The molecular weight excluding hydrogens is 300 g/mol. The predicted octanol–water partition coefficient (Wildman–Crippen LogP) is 4.24. The van der Waals surface area contributed by atoms with E-state index in [1.54, 1.807) is 12.1 Å². The third-order valence-electron chi connectivity index (χ3n) is 2.45. The molecule has 0 heterocycles. The summed E-state index contributed by atoms with van der Waals surface area (Å²) < 4.78 is 0.792. The van der Waals surface area contributed by atoms with Crippen LogP contribution in [0.4, 0.5) is 0 Å². The minimum atomic E-state index is -0.0603. The summed E-state index contributed by atoms with van der Waals surface area (Å²) in [6, 6.07) is 17.0. The minimum Gasteiger partial charge on any atom is -0.289 e. The number of allylic oxidation sites excluding steroid dienone is 2. The summed E-state index contributed by atoms with van der Waals surface area (Å²) >= 11 is 3.35. The lowest BCUT2D eigenvalue weighted by atomic mass is 10.1. The van der Waals surface area contributed by atoms with Crippen LogP contribution in [0.2, 0.25) is 0 Å². The van der Waals surface area contributed by atoms with E-state index in [0.29, 0.717) is 5.56 Å². The van der Waals surface area contributed by atoms with E-state index >= 15 is 0 Å². The summed E-state index contributed by atoms with van der Waals surface area (Å²) in [6.07, 6.45) is 3.06. The quantitative estimate of drug-likeness (QED) is 0.460. The minimum absolute atomic E-state index is 0.0603. The molecule has 0 amide bonds. The Morgan fingerprint density at radius 1 is 1.00 bits per heavy atom. The first-order chi connectivity index (χ1) is 9.27. The molecule has 0 spiro atoms. The van der Waals surface area contributed by atoms with Gasteiger partial charge in [0.15, 0.2) is 5.78 Å². The second kappa shape index (κ2) is 6.72. The summed E-state index contributed by atoms with van der Waals surface area (Å²) in [6.45, 7) is 0. The zero-order valence-corrected chi connectivity index (χ0v) is 11.7. The molecule has 0 saturated carbocycles. The van der Waals surface area contributed by atoms with Gasteiger partial charge in [-0.05, 0) is 36.4 Å². The van der Waals surface area contributed by atoms with Crippen molar-refractivity contribution >= 4 is 21.7 Å². The van der Waals surface area contributed by atoms with Gasteiger partial charge in [-0.15, -0.1) is 0 Å². The summed E-state index contributed by atoms with van der Waals surface area (Å²) in [4.78, 5) is 11.9. The van der Waals surface area contributed by atoms with E-state index in [2.05, 4.69) is 27.8 Å². The fraction of sp³-hybridized carbons (Fsp3) is 0. The molecular formula is C17H11BrO. The lowest BCUT2D eigenvalue weighted by molar-refractivity contribution is 0.104. The average molecular weight is 311 g/mol. The molecule has 0 radical (unpaired) electrons. The first-order valence-electron chi connectivity index (χ1n) is 5.79. The van der Waals surface area contributed by atoms with Crippen LogP contribution < -0.4 is 0 Å². The van der Waals surface area contributed by atoms with Crippen molar-refractivity contribution < 1.29 is 4.79 Å². The zero-order chi connectivity index (χ0) is 13.5. The fourth-order valence-electron chi connectivity index (χ4n) is 1.51. The average Bonchev–Trinajstić information content (AvgIpc) is 2.45. The van der Waals surface area contributed by atoms with Gasteiger partial charge < -0.3 is 0 Å². The van der Waals surface area contributed by atoms with Crippen LogP contribution in [0.15, 0.2) is 71.2 Å². The molecule has 0 saturated heterocycles. The fourth-order valence-corrected chi connectivity index (χ4v) is 1.99. The second-order valence-corrected chi connectivity index (χ2v) is 4.67. The van der Waals surface area contributed by atoms with Crippen molar-refractivity contribution in [2.75, 3.05) is 0 Å². The number of hydrogen-bond donors (Lipinski definition) is 0. The maximum Gasteiger partial charge on any atom is 0.187 e. The predicted molar refractivity (Wildman–Crippen MR) is 80.9 cm³/mol. The Labute approximate surface area is 121 Å². The zero-order valence-electron chi connectivity index (χ0n) is 10.1. The molecule has 0 fully saturated rings. The third kappa shape index (κ3) is 3.94. The highest BCUT2D eigenvalue weighted by atomic mass is 79.9. The SMILES string of the molecule is O=C(/C=C/C#Cc1ccccc1)c1ccccc1Br. The van der Waals surface area contributed by atoms with E-state index in [4.69, 9.17) is 0 Å².